The van der Waals surface area contributed by atoms with Gasteiger partial charge in [0.2, 0.25) is 15.9 Å². The molecule has 2 N–H and O–H groups in total. The lowest BCUT2D eigenvalue weighted by atomic mass is 9.98. The van der Waals surface area contributed by atoms with Crippen LogP contribution in [0, 0.1) is 5.92 Å². The molecule has 0 aromatic heterocycles. The smallest absolute Gasteiger partial charge is 0.258 e. The van der Waals surface area contributed by atoms with Gasteiger partial charge in [0.05, 0.1) is 16.5 Å². The molecule has 2 heterocycles. The number of hydrogen-bond donors (Lipinski definition) is 2. The lowest BCUT2D eigenvalue weighted by Gasteiger charge is -2.31. The van der Waals surface area contributed by atoms with Crippen LogP contribution in [0.15, 0.2) is 59.5 Å². The molecule has 0 bridgehead atoms. The van der Waals surface area contributed by atoms with Gasteiger partial charge in [-0.05, 0) is 61.7 Å². The number of carbonyl (C=O) groups is 2. The highest BCUT2D eigenvalue weighted by Gasteiger charge is 2.34. The van der Waals surface area contributed by atoms with Gasteiger partial charge in [-0.1, -0.05) is 12.1 Å². The number of piperidine rings is 1. The molecule has 37 heavy (non-hydrogen) atoms. The Balaban J connectivity index is 1.36. The average Bonchev–Trinajstić information content (AvgIpc) is 3.18. The van der Waals surface area contributed by atoms with Crippen LogP contribution >= 0.6 is 0 Å². The molecular weight excluding hydrogens is 494 g/mol. The summed E-state index contributed by atoms with van der Waals surface area (Å²) in [6, 6.07) is 14.5. The Bertz CT molecular complexity index is 1450. The second-order valence-corrected chi connectivity index (χ2v) is 11.3. The van der Waals surface area contributed by atoms with E-state index in [1.807, 2.05) is 12.1 Å². The van der Waals surface area contributed by atoms with Crippen LogP contribution in [-0.2, 0) is 19.6 Å². The maximum absolute atomic E-state index is 13.3. The van der Waals surface area contributed by atoms with Gasteiger partial charge in [0.15, 0.2) is 0 Å². The van der Waals surface area contributed by atoms with Gasteiger partial charge in [-0.2, -0.15) is 4.31 Å². The quantitative estimate of drug-likeness (QED) is 0.436. The molecule has 3 aromatic carbocycles. The number of phenols is 1. The molecule has 0 saturated carbocycles. The van der Waals surface area contributed by atoms with Crippen molar-refractivity contribution in [2.45, 2.75) is 24.2 Å². The number of benzene rings is 3. The lowest BCUT2D eigenvalue weighted by molar-refractivity contribution is -0.120. The monoisotopic (exact) mass is 523 g/mol. The number of ether oxygens (including phenoxy) is 1. The maximum Gasteiger partial charge on any atom is 0.258 e. The van der Waals surface area contributed by atoms with Crippen molar-refractivity contribution in [1.29, 1.82) is 0 Å². The van der Waals surface area contributed by atoms with E-state index in [9.17, 15) is 23.1 Å². The van der Waals surface area contributed by atoms with Crippen LogP contribution < -0.4 is 10.2 Å². The Kier molecular flexibility index (Phi) is 6.89. The summed E-state index contributed by atoms with van der Waals surface area (Å²) in [6.07, 6.45) is 1.84. The summed E-state index contributed by atoms with van der Waals surface area (Å²) in [6.45, 7) is 1.49. The van der Waals surface area contributed by atoms with E-state index in [-0.39, 0.29) is 29.0 Å². The summed E-state index contributed by atoms with van der Waals surface area (Å²) in [4.78, 5) is 28.2. The number of amides is 2. The minimum atomic E-state index is -3.79. The van der Waals surface area contributed by atoms with Gasteiger partial charge in [0.1, 0.15) is 5.75 Å². The Morgan fingerprint density at radius 2 is 1.92 bits per heavy atom. The van der Waals surface area contributed by atoms with Crippen molar-refractivity contribution in [3.63, 3.8) is 0 Å². The second kappa shape index (κ2) is 10.1. The van der Waals surface area contributed by atoms with Gasteiger partial charge < -0.3 is 20.1 Å². The van der Waals surface area contributed by atoms with Crippen LogP contribution in [0.25, 0.3) is 10.8 Å². The van der Waals surface area contributed by atoms with Crippen molar-refractivity contribution >= 4 is 44.0 Å². The highest BCUT2D eigenvalue weighted by atomic mass is 32.2. The number of methoxy groups -OCH3 is 1. The van der Waals surface area contributed by atoms with Gasteiger partial charge in [-0.25, -0.2) is 8.42 Å². The van der Waals surface area contributed by atoms with Gasteiger partial charge in [0.25, 0.3) is 5.91 Å². The highest BCUT2D eigenvalue weighted by molar-refractivity contribution is 7.89. The number of hydrogen-bond acceptors (Lipinski definition) is 6. The van der Waals surface area contributed by atoms with E-state index in [2.05, 4.69) is 5.32 Å². The van der Waals surface area contributed by atoms with Crippen molar-refractivity contribution in [1.82, 2.24) is 4.31 Å². The summed E-state index contributed by atoms with van der Waals surface area (Å²) in [5.74, 6) is -0.856. The van der Waals surface area contributed by atoms with Gasteiger partial charge in [-0.15, -0.1) is 0 Å². The zero-order valence-corrected chi connectivity index (χ0v) is 21.3. The van der Waals surface area contributed by atoms with Crippen molar-refractivity contribution < 1.29 is 27.9 Å². The molecule has 2 aliphatic heterocycles. The largest absolute Gasteiger partial charge is 0.508 e. The van der Waals surface area contributed by atoms with E-state index in [0.29, 0.717) is 50.2 Å². The SMILES string of the molecule is COCCCN1C(=O)c2cccc3c(NC(=O)C4CCCN(S(=O)(=O)c5ccc(O)cc5)C4)ccc1c23. The molecule has 194 valence electrons. The zero-order valence-electron chi connectivity index (χ0n) is 20.5. The molecule has 9 nitrogen and oxygen atoms in total. The first kappa shape index (κ1) is 25.2. The molecule has 5 rings (SSSR count). The van der Waals surface area contributed by atoms with Crippen LogP contribution in [0.4, 0.5) is 11.4 Å². The van der Waals surface area contributed by atoms with E-state index in [4.69, 9.17) is 4.74 Å². The Labute approximate surface area is 215 Å². The molecule has 0 spiro atoms. The summed E-state index contributed by atoms with van der Waals surface area (Å²) in [5, 5.41) is 14.1. The normalized spacial score (nSPS) is 17.9. The van der Waals surface area contributed by atoms with Gasteiger partial charge in [0, 0.05) is 55.4 Å². The molecule has 0 aliphatic carbocycles. The predicted octanol–water partition coefficient (Wildman–Crippen LogP) is 3.58. The van der Waals surface area contributed by atoms with E-state index >= 15 is 0 Å². The molecule has 1 atom stereocenters. The van der Waals surface area contributed by atoms with Crippen LogP contribution in [0.2, 0.25) is 0 Å². The van der Waals surface area contributed by atoms with Crippen LogP contribution in [0.3, 0.4) is 0 Å². The van der Waals surface area contributed by atoms with Crippen molar-refractivity contribution in [2.24, 2.45) is 5.92 Å². The molecular formula is C27H29N3O6S. The summed E-state index contributed by atoms with van der Waals surface area (Å²) in [5.41, 5.74) is 2.01. The van der Waals surface area contributed by atoms with Crippen molar-refractivity contribution in [2.75, 3.05) is 43.6 Å². The summed E-state index contributed by atoms with van der Waals surface area (Å²) >= 11 is 0. The Morgan fingerprint density at radius 3 is 2.68 bits per heavy atom. The molecule has 1 unspecified atom stereocenters. The van der Waals surface area contributed by atoms with E-state index in [1.54, 1.807) is 30.2 Å². The highest BCUT2D eigenvalue weighted by Crippen LogP contribution is 2.41. The number of aromatic hydroxyl groups is 1. The third-order valence-corrected chi connectivity index (χ3v) is 8.88. The third kappa shape index (κ3) is 4.68. The number of carbonyl (C=O) groups excluding carboxylic acids is 2. The van der Waals surface area contributed by atoms with Crippen LogP contribution in [0.1, 0.15) is 29.6 Å². The number of rotatable bonds is 8. The molecule has 10 heteroatoms. The summed E-state index contributed by atoms with van der Waals surface area (Å²) in [7, 11) is -2.16. The van der Waals surface area contributed by atoms with Gasteiger partial charge in [-0.3, -0.25) is 9.59 Å². The third-order valence-electron chi connectivity index (χ3n) is 7.00. The molecule has 2 aliphatic rings. The van der Waals surface area contributed by atoms with E-state index < -0.39 is 15.9 Å². The Morgan fingerprint density at radius 1 is 1.14 bits per heavy atom. The van der Waals surface area contributed by atoms with Crippen molar-refractivity contribution in [3.05, 3.63) is 60.2 Å². The molecule has 0 radical (unpaired) electrons. The van der Waals surface area contributed by atoms with Crippen LogP contribution in [-0.4, -0.2) is 63.0 Å². The number of anilines is 2. The fourth-order valence-corrected chi connectivity index (χ4v) is 6.64. The maximum atomic E-state index is 13.3. The topological polar surface area (TPSA) is 116 Å². The average molecular weight is 524 g/mol. The molecule has 2 amide bonds. The first-order chi connectivity index (χ1) is 17.8. The minimum absolute atomic E-state index is 0.0139. The number of nitrogens with zero attached hydrogens (tertiary/aromatic N) is 2. The van der Waals surface area contributed by atoms with Crippen LogP contribution in [0.5, 0.6) is 5.75 Å². The first-order valence-electron chi connectivity index (χ1n) is 12.3. The standard InChI is InChI=1S/C27H29N3O6S/c1-36-16-4-15-30-24-13-12-23(21-6-2-7-22(25(21)24)27(30)33)28-26(32)18-5-3-14-29(17-18)37(34,35)20-10-8-19(31)9-11-20/h2,6-13,18,31H,3-5,14-17H2,1H3,(H,28,32). The van der Waals surface area contributed by atoms with Crippen molar-refractivity contribution in [3.8, 4) is 5.75 Å². The van der Waals surface area contributed by atoms with E-state index in [1.165, 1.54) is 28.6 Å². The minimum Gasteiger partial charge on any atom is -0.508 e. The molecule has 1 fully saturated rings. The first-order valence-corrected chi connectivity index (χ1v) is 13.7. The molecule has 1 saturated heterocycles. The van der Waals surface area contributed by atoms with Gasteiger partial charge >= 0.3 is 0 Å². The predicted molar refractivity (Wildman–Crippen MR) is 140 cm³/mol. The second-order valence-electron chi connectivity index (χ2n) is 9.35. The Hall–Kier alpha value is -3.47. The fraction of sp³-hybridized carbons (Fsp3) is 0.333. The summed E-state index contributed by atoms with van der Waals surface area (Å²) < 4.78 is 32.7. The number of nitrogens with one attached hydrogen (secondary N) is 1. The number of sulfonamides is 1. The fourth-order valence-electron chi connectivity index (χ4n) is 5.12. The lowest BCUT2D eigenvalue weighted by Crippen LogP contribution is -2.43. The zero-order chi connectivity index (χ0) is 26.2. The molecule has 3 aromatic rings. The number of phenolic OH excluding ortho intramolecular Hbond substituents is 1. The van der Waals surface area contributed by atoms with E-state index in [0.717, 1.165) is 16.5 Å².